The highest BCUT2D eigenvalue weighted by molar-refractivity contribution is 5.77. The summed E-state index contributed by atoms with van der Waals surface area (Å²) in [6.45, 7) is 2.97. The summed E-state index contributed by atoms with van der Waals surface area (Å²) in [5, 5.41) is 2.90. The number of nitrogens with one attached hydrogen (secondary N) is 1. The van der Waals surface area contributed by atoms with Crippen molar-refractivity contribution in [3.63, 3.8) is 0 Å². The van der Waals surface area contributed by atoms with Crippen LogP contribution in [0.2, 0.25) is 0 Å². The lowest BCUT2D eigenvalue weighted by atomic mass is 9.91. The normalized spacial score (nSPS) is 12.0. The van der Waals surface area contributed by atoms with Gasteiger partial charge in [-0.05, 0) is 42.3 Å². The molecule has 2 heterocycles. The zero-order valence-corrected chi connectivity index (χ0v) is 17.3. The third-order valence-corrected chi connectivity index (χ3v) is 4.85. The Hall–Kier alpha value is -3.06. The van der Waals surface area contributed by atoms with E-state index in [1.54, 1.807) is 21.3 Å². The minimum atomic E-state index is -0.223. The summed E-state index contributed by atoms with van der Waals surface area (Å²) in [7, 11) is 4.84. The summed E-state index contributed by atoms with van der Waals surface area (Å²) in [5.41, 5.74) is 3.83. The summed E-state index contributed by atoms with van der Waals surface area (Å²) < 4.78 is 17.9. The molecule has 154 valence electrons. The van der Waals surface area contributed by atoms with Gasteiger partial charge in [0.2, 0.25) is 5.91 Å². The molecule has 3 rings (SSSR count). The van der Waals surface area contributed by atoms with Gasteiger partial charge in [-0.3, -0.25) is 4.79 Å². The van der Waals surface area contributed by atoms with E-state index in [0.29, 0.717) is 24.7 Å². The predicted octanol–water partition coefficient (Wildman–Crippen LogP) is 2.94. The fourth-order valence-electron chi connectivity index (χ4n) is 3.33. The molecule has 2 aromatic heterocycles. The van der Waals surface area contributed by atoms with Crippen molar-refractivity contribution >= 4 is 11.6 Å². The van der Waals surface area contributed by atoms with Crippen LogP contribution in [0.5, 0.6) is 11.5 Å². The lowest BCUT2D eigenvalue weighted by Gasteiger charge is -2.19. The van der Waals surface area contributed by atoms with Crippen LogP contribution in [0.25, 0.3) is 5.65 Å². The van der Waals surface area contributed by atoms with Crippen LogP contribution in [-0.2, 0) is 9.53 Å². The highest BCUT2D eigenvalue weighted by Crippen LogP contribution is 2.34. The fraction of sp³-hybridized carbons (Fsp3) is 0.364. The van der Waals surface area contributed by atoms with E-state index in [1.807, 2.05) is 54.0 Å². The first-order chi connectivity index (χ1) is 14.0. The maximum absolute atomic E-state index is 12.6. The number of nitrogens with zero attached hydrogens (tertiary/aromatic N) is 2. The second-order valence-corrected chi connectivity index (χ2v) is 6.86. The van der Waals surface area contributed by atoms with Crippen molar-refractivity contribution in [2.24, 2.45) is 0 Å². The molecule has 0 bridgehead atoms. The number of amides is 1. The summed E-state index contributed by atoms with van der Waals surface area (Å²) >= 11 is 0. The standard InChI is InChI=1S/C22H27N3O4/c1-15-5-7-25-20(14-24-21(25)9-15)19(13-22(26)23-6-8-27-2)16-10-17(28-3)12-18(11-16)29-4/h5,7,9-12,14,19H,6,8,13H2,1-4H3,(H,23,26). The summed E-state index contributed by atoms with van der Waals surface area (Å²) in [6, 6.07) is 9.73. The maximum Gasteiger partial charge on any atom is 0.221 e. The highest BCUT2D eigenvalue weighted by Gasteiger charge is 2.23. The van der Waals surface area contributed by atoms with Gasteiger partial charge in [0.15, 0.2) is 0 Å². The number of benzene rings is 1. The monoisotopic (exact) mass is 397 g/mol. The number of aryl methyl sites for hydroxylation is 1. The number of methoxy groups -OCH3 is 3. The third-order valence-electron chi connectivity index (χ3n) is 4.85. The van der Waals surface area contributed by atoms with Gasteiger partial charge in [0.05, 0.1) is 26.5 Å². The number of pyridine rings is 1. The smallest absolute Gasteiger partial charge is 0.221 e. The van der Waals surface area contributed by atoms with Crippen molar-refractivity contribution in [1.82, 2.24) is 14.7 Å². The molecule has 0 radical (unpaired) electrons. The molecule has 1 N–H and O–H groups in total. The summed E-state index contributed by atoms with van der Waals surface area (Å²) in [5.74, 6) is 1.07. The van der Waals surface area contributed by atoms with Crippen LogP contribution >= 0.6 is 0 Å². The number of rotatable bonds is 9. The maximum atomic E-state index is 12.6. The number of carbonyl (C=O) groups excluding carboxylic acids is 1. The molecule has 1 aromatic carbocycles. The van der Waals surface area contributed by atoms with Crippen LogP contribution in [0.1, 0.15) is 29.2 Å². The lowest BCUT2D eigenvalue weighted by molar-refractivity contribution is -0.121. The van der Waals surface area contributed by atoms with Crippen molar-refractivity contribution in [1.29, 1.82) is 0 Å². The van der Waals surface area contributed by atoms with E-state index in [2.05, 4.69) is 10.3 Å². The summed E-state index contributed by atoms with van der Waals surface area (Å²) in [4.78, 5) is 17.2. The molecule has 0 saturated carbocycles. The van der Waals surface area contributed by atoms with E-state index < -0.39 is 0 Å². The molecule has 0 aliphatic carbocycles. The van der Waals surface area contributed by atoms with Gasteiger partial charge in [0.25, 0.3) is 0 Å². The Kier molecular flexibility index (Phi) is 6.72. The molecule has 29 heavy (non-hydrogen) atoms. The number of ether oxygens (including phenoxy) is 3. The van der Waals surface area contributed by atoms with E-state index in [1.165, 1.54) is 0 Å². The Morgan fingerprint density at radius 2 is 1.86 bits per heavy atom. The van der Waals surface area contributed by atoms with Gasteiger partial charge < -0.3 is 23.9 Å². The Labute approximate surface area is 170 Å². The highest BCUT2D eigenvalue weighted by atomic mass is 16.5. The quantitative estimate of drug-likeness (QED) is 0.562. The molecule has 0 saturated heterocycles. The van der Waals surface area contributed by atoms with Crippen LogP contribution in [0.4, 0.5) is 0 Å². The predicted molar refractivity (Wildman–Crippen MR) is 111 cm³/mol. The number of imidazole rings is 1. The van der Waals surface area contributed by atoms with Gasteiger partial charge in [-0.1, -0.05) is 0 Å². The molecular weight excluding hydrogens is 370 g/mol. The number of hydrogen-bond donors (Lipinski definition) is 1. The van der Waals surface area contributed by atoms with Crippen LogP contribution in [0, 0.1) is 6.92 Å². The van der Waals surface area contributed by atoms with E-state index in [-0.39, 0.29) is 18.2 Å². The van der Waals surface area contributed by atoms with E-state index in [9.17, 15) is 4.79 Å². The molecule has 0 aliphatic heterocycles. The first kappa shape index (κ1) is 20.7. The fourth-order valence-corrected chi connectivity index (χ4v) is 3.33. The van der Waals surface area contributed by atoms with Gasteiger partial charge in [-0.25, -0.2) is 4.98 Å². The molecule has 1 atom stereocenters. The van der Waals surface area contributed by atoms with Gasteiger partial charge in [0.1, 0.15) is 17.1 Å². The number of fused-ring (bicyclic) bond motifs is 1. The Bertz CT molecular complexity index is 961. The van der Waals surface area contributed by atoms with Crippen molar-refractivity contribution in [2.75, 3.05) is 34.5 Å². The topological polar surface area (TPSA) is 74.1 Å². The van der Waals surface area contributed by atoms with Crippen molar-refractivity contribution in [3.8, 4) is 11.5 Å². The molecule has 0 spiro atoms. The van der Waals surface area contributed by atoms with Crippen LogP contribution < -0.4 is 14.8 Å². The largest absolute Gasteiger partial charge is 0.497 e. The lowest BCUT2D eigenvalue weighted by Crippen LogP contribution is -2.28. The van der Waals surface area contributed by atoms with Crippen LogP contribution in [0.3, 0.4) is 0 Å². The van der Waals surface area contributed by atoms with Crippen LogP contribution in [-0.4, -0.2) is 49.8 Å². The molecule has 0 fully saturated rings. The molecular formula is C22H27N3O4. The number of hydrogen-bond acceptors (Lipinski definition) is 5. The third kappa shape index (κ3) is 4.86. The van der Waals surface area contributed by atoms with Gasteiger partial charge in [-0.15, -0.1) is 0 Å². The molecule has 7 nitrogen and oxygen atoms in total. The molecule has 1 unspecified atom stereocenters. The van der Waals surface area contributed by atoms with Gasteiger partial charge >= 0.3 is 0 Å². The molecule has 3 aromatic rings. The Morgan fingerprint density at radius 1 is 1.14 bits per heavy atom. The van der Waals surface area contributed by atoms with E-state index in [0.717, 1.165) is 22.5 Å². The molecule has 1 amide bonds. The Morgan fingerprint density at radius 3 is 2.52 bits per heavy atom. The van der Waals surface area contributed by atoms with Crippen molar-refractivity contribution in [2.45, 2.75) is 19.3 Å². The van der Waals surface area contributed by atoms with E-state index in [4.69, 9.17) is 14.2 Å². The first-order valence-electron chi connectivity index (χ1n) is 9.48. The zero-order valence-electron chi connectivity index (χ0n) is 17.3. The Balaban J connectivity index is 2.03. The van der Waals surface area contributed by atoms with Crippen molar-refractivity contribution in [3.05, 3.63) is 59.5 Å². The second kappa shape index (κ2) is 9.43. The van der Waals surface area contributed by atoms with Gasteiger partial charge in [0, 0.05) is 44.5 Å². The first-order valence-corrected chi connectivity index (χ1v) is 9.48. The zero-order chi connectivity index (χ0) is 20.8. The van der Waals surface area contributed by atoms with Crippen LogP contribution in [0.15, 0.2) is 42.7 Å². The van der Waals surface area contributed by atoms with Gasteiger partial charge in [-0.2, -0.15) is 0 Å². The second-order valence-electron chi connectivity index (χ2n) is 6.86. The average molecular weight is 397 g/mol. The van der Waals surface area contributed by atoms with Crippen molar-refractivity contribution < 1.29 is 19.0 Å². The summed E-state index contributed by atoms with van der Waals surface area (Å²) in [6.07, 6.45) is 4.08. The minimum absolute atomic E-state index is 0.0594. The molecule has 0 aliphatic rings. The minimum Gasteiger partial charge on any atom is -0.497 e. The van der Waals surface area contributed by atoms with E-state index >= 15 is 0 Å². The number of aromatic nitrogens is 2. The average Bonchev–Trinajstić information content (AvgIpc) is 3.14. The number of carbonyl (C=O) groups is 1. The molecule has 7 heteroatoms. The SMILES string of the molecule is COCCNC(=O)CC(c1cc(OC)cc(OC)c1)c1cnc2cc(C)ccn12.